The number of rotatable bonds is 5. The molecule has 18 heavy (non-hydrogen) atoms. The molecule has 102 valence electrons. The van der Waals surface area contributed by atoms with Gasteiger partial charge in [-0.25, -0.2) is 0 Å². The fraction of sp³-hybridized carbons (Fsp3) is 0.455. The molecule has 0 fully saturated rings. The van der Waals surface area contributed by atoms with Crippen LogP contribution in [0.1, 0.15) is 30.9 Å². The van der Waals surface area contributed by atoms with Crippen molar-refractivity contribution in [2.45, 2.75) is 31.5 Å². The predicted molar refractivity (Wildman–Crippen MR) is 69.1 cm³/mol. The molecule has 0 spiro atoms. The smallest absolute Gasteiger partial charge is 0.271 e. The van der Waals surface area contributed by atoms with Crippen LogP contribution in [-0.4, -0.2) is 6.18 Å². The molecule has 1 rings (SSSR count). The first-order chi connectivity index (χ1) is 8.33. The van der Waals surface area contributed by atoms with Crippen molar-refractivity contribution in [1.82, 2.24) is 5.43 Å². The molecule has 0 aromatic heterocycles. The van der Waals surface area contributed by atoms with Gasteiger partial charge in [0.1, 0.15) is 0 Å². The summed E-state index contributed by atoms with van der Waals surface area (Å²) in [4.78, 5) is 0. The third-order valence-electron chi connectivity index (χ3n) is 2.49. The molecule has 0 heterocycles. The maximum atomic E-state index is 12.1. The van der Waals surface area contributed by atoms with E-state index in [9.17, 15) is 13.2 Å². The van der Waals surface area contributed by atoms with E-state index in [2.05, 4.69) is 21.4 Å². The van der Waals surface area contributed by atoms with Crippen LogP contribution in [0.15, 0.2) is 22.7 Å². The van der Waals surface area contributed by atoms with Gasteiger partial charge in [-0.05, 0) is 30.5 Å². The molecule has 0 radical (unpaired) electrons. The number of nitrogens with two attached hydrogens (primary N) is 1. The van der Waals surface area contributed by atoms with E-state index in [-0.39, 0.29) is 12.5 Å². The van der Waals surface area contributed by atoms with E-state index in [0.717, 1.165) is 10.0 Å². The van der Waals surface area contributed by atoms with Gasteiger partial charge in [-0.1, -0.05) is 33.6 Å². The Kier molecular flexibility index (Phi) is 5.91. The van der Waals surface area contributed by atoms with Crippen LogP contribution in [0.25, 0.3) is 0 Å². The molecule has 1 atom stereocenters. The van der Waals surface area contributed by atoms with Crippen molar-refractivity contribution in [2.24, 2.45) is 5.84 Å². The van der Waals surface area contributed by atoms with E-state index in [1.54, 1.807) is 18.2 Å². The molecule has 3 N–H and O–H groups in total. The second-order valence-corrected chi connectivity index (χ2v) is 5.18. The quantitative estimate of drug-likeness (QED) is 0.615. The fourth-order valence-electron chi connectivity index (χ4n) is 1.62. The van der Waals surface area contributed by atoms with Crippen molar-refractivity contribution in [3.05, 3.63) is 33.3 Å². The van der Waals surface area contributed by atoms with Crippen molar-refractivity contribution in [1.29, 1.82) is 0 Å². The zero-order valence-corrected chi connectivity index (χ0v) is 11.7. The molecule has 7 heteroatoms. The number of benzene rings is 1. The van der Waals surface area contributed by atoms with Gasteiger partial charge in [-0.2, -0.15) is 13.2 Å². The SMILES string of the molecule is NNC(CCCC(F)(F)F)c1ccc(Cl)cc1Br. The van der Waals surface area contributed by atoms with Crippen LogP contribution in [0, 0.1) is 0 Å². The van der Waals surface area contributed by atoms with Crippen LogP contribution < -0.4 is 11.3 Å². The molecule has 0 aliphatic rings. The molecule has 0 saturated carbocycles. The minimum absolute atomic E-state index is 0.0213. The number of hydrogen-bond donors (Lipinski definition) is 2. The first-order valence-electron chi connectivity index (χ1n) is 5.31. The van der Waals surface area contributed by atoms with Gasteiger partial charge >= 0.3 is 6.18 Å². The first kappa shape index (κ1) is 15.8. The Balaban J connectivity index is 2.66. The highest BCUT2D eigenvalue weighted by Gasteiger charge is 2.27. The fourth-order valence-corrected chi connectivity index (χ4v) is 2.58. The van der Waals surface area contributed by atoms with Crippen LogP contribution >= 0.6 is 27.5 Å². The number of hydrogen-bond acceptors (Lipinski definition) is 2. The van der Waals surface area contributed by atoms with E-state index in [1.807, 2.05) is 0 Å². The number of alkyl halides is 3. The summed E-state index contributed by atoms with van der Waals surface area (Å²) in [6.45, 7) is 0. The third-order valence-corrected chi connectivity index (χ3v) is 3.41. The molecule has 0 aliphatic heterocycles. The van der Waals surface area contributed by atoms with Crippen molar-refractivity contribution in [2.75, 3.05) is 0 Å². The number of hydrazine groups is 1. The normalized spacial score (nSPS) is 13.7. The zero-order chi connectivity index (χ0) is 13.8. The number of nitrogens with one attached hydrogen (secondary N) is 1. The Hall–Kier alpha value is -0.300. The minimum Gasteiger partial charge on any atom is -0.271 e. The van der Waals surface area contributed by atoms with E-state index >= 15 is 0 Å². The van der Waals surface area contributed by atoms with Gasteiger partial charge in [0.15, 0.2) is 0 Å². The largest absolute Gasteiger partial charge is 0.389 e. The Bertz CT molecular complexity index is 398. The highest BCUT2D eigenvalue weighted by atomic mass is 79.9. The molecular weight excluding hydrogens is 332 g/mol. The summed E-state index contributed by atoms with van der Waals surface area (Å²) < 4.78 is 36.9. The summed E-state index contributed by atoms with van der Waals surface area (Å²) in [7, 11) is 0. The van der Waals surface area contributed by atoms with Gasteiger partial charge in [-0.15, -0.1) is 0 Å². The summed E-state index contributed by atoms with van der Waals surface area (Å²) >= 11 is 9.12. The van der Waals surface area contributed by atoms with Gasteiger partial charge < -0.3 is 0 Å². The maximum Gasteiger partial charge on any atom is 0.389 e. The van der Waals surface area contributed by atoms with Gasteiger partial charge in [0.05, 0.1) is 0 Å². The monoisotopic (exact) mass is 344 g/mol. The summed E-state index contributed by atoms with van der Waals surface area (Å²) in [6.07, 6.45) is -4.61. The highest BCUT2D eigenvalue weighted by Crippen LogP contribution is 2.30. The van der Waals surface area contributed by atoms with Crippen LogP contribution in [-0.2, 0) is 0 Å². The molecule has 0 aliphatic carbocycles. The topological polar surface area (TPSA) is 38.0 Å². The first-order valence-corrected chi connectivity index (χ1v) is 6.48. The molecular formula is C11H13BrClF3N2. The molecule has 1 aromatic rings. The molecule has 0 bridgehead atoms. The lowest BCUT2D eigenvalue weighted by molar-refractivity contribution is -0.135. The summed E-state index contributed by atoms with van der Waals surface area (Å²) in [6, 6.07) is 4.77. The molecule has 1 unspecified atom stereocenters. The average Bonchev–Trinajstić information content (AvgIpc) is 2.24. The lowest BCUT2D eigenvalue weighted by atomic mass is 10.0. The number of halogens is 5. The standard InChI is InChI=1S/C11H13BrClF3N2/c12-9-6-7(13)3-4-8(9)10(18-17)2-1-5-11(14,15)16/h3-4,6,10,18H,1-2,5,17H2. The maximum absolute atomic E-state index is 12.1. The van der Waals surface area contributed by atoms with Gasteiger partial charge in [0.2, 0.25) is 0 Å². The van der Waals surface area contributed by atoms with Crippen molar-refractivity contribution >= 4 is 27.5 Å². The second-order valence-electron chi connectivity index (χ2n) is 3.89. The summed E-state index contributed by atoms with van der Waals surface area (Å²) in [5, 5.41) is 0.552. The molecule has 2 nitrogen and oxygen atoms in total. The molecule has 0 saturated heterocycles. The summed E-state index contributed by atoms with van der Waals surface area (Å²) in [5.74, 6) is 5.38. The van der Waals surface area contributed by atoms with Gasteiger partial charge in [-0.3, -0.25) is 11.3 Å². The predicted octanol–water partition coefficient (Wildman–Crippen LogP) is 4.34. The lowest BCUT2D eigenvalue weighted by Gasteiger charge is -2.18. The van der Waals surface area contributed by atoms with Crippen LogP contribution in [0.4, 0.5) is 13.2 Å². The minimum atomic E-state index is -4.13. The van der Waals surface area contributed by atoms with Crippen LogP contribution in [0.3, 0.4) is 0 Å². The van der Waals surface area contributed by atoms with E-state index < -0.39 is 12.6 Å². The molecule has 0 amide bonds. The Morgan fingerprint density at radius 1 is 1.39 bits per heavy atom. The third kappa shape index (κ3) is 5.14. The van der Waals surface area contributed by atoms with E-state index in [1.165, 1.54) is 0 Å². The van der Waals surface area contributed by atoms with Crippen LogP contribution in [0.5, 0.6) is 0 Å². The van der Waals surface area contributed by atoms with Crippen molar-refractivity contribution in [3.8, 4) is 0 Å². The average molecular weight is 346 g/mol. The van der Waals surface area contributed by atoms with Crippen molar-refractivity contribution < 1.29 is 13.2 Å². The van der Waals surface area contributed by atoms with E-state index in [4.69, 9.17) is 17.4 Å². The molecule has 1 aromatic carbocycles. The zero-order valence-electron chi connectivity index (χ0n) is 9.40. The highest BCUT2D eigenvalue weighted by molar-refractivity contribution is 9.10. The Morgan fingerprint density at radius 2 is 2.06 bits per heavy atom. The summed E-state index contributed by atoms with van der Waals surface area (Å²) in [5.41, 5.74) is 3.32. The van der Waals surface area contributed by atoms with E-state index in [0.29, 0.717) is 11.4 Å². The van der Waals surface area contributed by atoms with Crippen molar-refractivity contribution in [3.63, 3.8) is 0 Å². The van der Waals surface area contributed by atoms with Crippen LogP contribution in [0.2, 0.25) is 5.02 Å². The van der Waals surface area contributed by atoms with Gasteiger partial charge in [0, 0.05) is 22.0 Å². The Morgan fingerprint density at radius 3 is 2.56 bits per heavy atom. The van der Waals surface area contributed by atoms with Gasteiger partial charge in [0.25, 0.3) is 0 Å². The lowest BCUT2D eigenvalue weighted by Crippen LogP contribution is -2.28. The Labute approximate surface area is 117 Å². The second kappa shape index (κ2) is 6.75.